The molecule has 2 aromatic carbocycles. The minimum Gasteiger partial charge on any atom is -0.454 e. The molecule has 9 nitrogen and oxygen atoms in total. The Morgan fingerprint density at radius 2 is 1.75 bits per heavy atom. The third kappa shape index (κ3) is 4.76. The van der Waals surface area contributed by atoms with Crippen LogP contribution in [0.5, 0.6) is 11.5 Å². The van der Waals surface area contributed by atoms with E-state index >= 15 is 0 Å². The van der Waals surface area contributed by atoms with E-state index in [0.717, 1.165) is 42.1 Å². The number of pyridine rings is 1. The number of piperazine rings is 1. The summed E-state index contributed by atoms with van der Waals surface area (Å²) in [6, 6.07) is 19.9. The highest BCUT2D eigenvalue weighted by atomic mass is 32.2. The van der Waals surface area contributed by atoms with E-state index in [9.17, 15) is 8.60 Å². The van der Waals surface area contributed by atoms with Crippen LogP contribution in [0.2, 0.25) is 0 Å². The number of aromatic nitrogens is 3. The molecule has 7 rings (SSSR count). The van der Waals surface area contributed by atoms with Gasteiger partial charge in [-0.05, 0) is 48.0 Å². The minimum absolute atomic E-state index is 0.232. The Balaban J connectivity index is 1.05. The predicted molar refractivity (Wildman–Crippen MR) is 147 cm³/mol. The molecule has 0 N–H and O–H groups in total. The molecular formula is C29H26FN5O4S. The van der Waals surface area contributed by atoms with Gasteiger partial charge < -0.3 is 13.9 Å². The molecule has 40 heavy (non-hydrogen) atoms. The average Bonchev–Trinajstić information content (AvgIpc) is 3.73. The summed E-state index contributed by atoms with van der Waals surface area (Å²) in [6.45, 7) is 4.15. The van der Waals surface area contributed by atoms with Crippen LogP contribution in [-0.4, -0.2) is 61.2 Å². The van der Waals surface area contributed by atoms with Crippen molar-refractivity contribution in [1.82, 2.24) is 24.0 Å². The van der Waals surface area contributed by atoms with Crippen molar-refractivity contribution in [3.63, 3.8) is 0 Å². The number of nitrogens with zero attached hydrogens (tertiary/aromatic N) is 5. The standard InChI is InChI=1S/C29H26FN5O4S/c30-23-6-2-1-4-21(23)18-35-29-22(5-3-11-31-29)28(32-35)25-9-10-27(39-25)40(36)34-14-12-33(13-15-34)17-20-7-8-24-26(16-20)38-19-37-24/h1-11,16H,12-15,17-19H2. The first-order chi connectivity index (χ1) is 19.6. The number of halogens is 1. The summed E-state index contributed by atoms with van der Waals surface area (Å²) in [5, 5.41) is 5.87. The van der Waals surface area contributed by atoms with E-state index in [-0.39, 0.29) is 19.2 Å². The van der Waals surface area contributed by atoms with Crippen LogP contribution >= 0.6 is 0 Å². The first-order valence-corrected chi connectivity index (χ1v) is 14.2. The van der Waals surface area contributed by atoms with Gasteiger partial charge >= 0.3 is 0 Å². The number of furan rings is 1. The van der Waals surface area contributed by atoms with E-state index in [2.05, 4.69) is 16.0 Å². The van der Waals surface area contributed by atoms with Crippen molar-refractivity contribution in [3.05, 3.63) is 89.9 Å². The molecular weight excluding hydrogens is 533 g/mol. The number of hydrogen-bond acceptors (Lipinski definition) is 7. The van der Waals surface area contributed by atoms with Gasteiger partial charge in [-0.15, -0.1) is 0 Å². The Hall–Kier alpha value is -4.06. The Kier molecular flexibility index (Phi) is 6.54. The van der Waals surface area contributed by atoms with Crippen molar-refractivity contribution >= 4 is 22.0 Å². The molecule has 5 heterocycles. The third-order valence-corrected chi connectivity index (χ3v) is 8.58. The lowest BCUT2D eigenvalue weighted by Crippen LogP contribution is -2.46. The summed E-state index contributed by atoms with van der Waals surface area (Å²) < 4.78 is 48.3. The molecule has 0 amide bonds. The Morgan fingerprint density at radius 3 is 2.62 bits per heavy atom. The Labute approximate surface area is 232 Å². The van der Waals surface area contributed by atoms with E-state index in [1.54, 1.807) is 41.2 Å². The molecule has 11 heteroatoms. The Morgan fingerprint density at radius 1 is 0.900 bits per heavy atom. The molecule has 0 spiro atoms. The van der Waals surface area contributed by atoms with Crippen LogP contribution < -0.4 is 9.47 Å². The maximum absolute atomic E-state index is 14.3. The second-order valence-corrected chi connectivity index (χ2v) is 11.1. The lowest BCUT2D eigenvalue weighted by atomic mass is 10.2. The topological polar surface area (TPSA) is 85.9 Å². The highest BCUT2D eigenvalue weighted by molar-refractivity contribution is 7.82. The Bertz CT molecular complexity index is 1710. The third-order valence-electron chi connectivity index (χ3n) is 7.18. The summed E-state index contributed by atoms with van der Waals surface area (Å²) in [5.41, 5.74) is 2.88. The van der Waals surface area contributed by atoms with E-state index in [4.69, 9.17) is 19.0 Å². The largest absolute Gasteiger partial charge is 0.454 e. The number of rotatable bonds is 7. The number of fused-ring (bicyclic) bond motifs is 2. The van der Waals surface area contributed by atoms with Gasteiger partial charge in [-0.1, -0.05) is 24.3 Å². The molecule has 204 valence electrons. The number of ether oxygens (including phenoxy) is 2. The van der Waals surface area contributed by atoms with Crippen molar-refractivity contribution in [2.45, 2.75) is 18.2 Å². The second-order valence-electron chi connectivity index (χ2n) is 9.73. The molecule has 0 saturated carbocycles. The summed E-state index contributed by atoms with van der Waals surface area (Å²) in [6.07, 6.45) is 1.68. The quantitative estimate of drug-likeness (QED) is 0.291. The van der Waals surface area contributed by atoms with Gasteiger partial charge in [0.15, 0.2) is 33.9 Å². The van der Waals surface area contributed by atoms with Crippen molar-refractivity contribution in [1.29, 1.82) is 0 Å². The lowest BCUT2D eigenvalue weighted by molar-refractivity contribution is 0.173. The maximum atomic E-state index is 14.3. The van der Waals surface area contributed by atoms with Gasteiger partial charge in [0.1, 0.15) is 11.5 Å². The molecule has 0 aliphatic carbocycles. The summed E-state index contributed by atoms with van der Waals surface area (Å²) in [5.74, 6) is 1.76. The molecule has 1 atom stereocenters. The van der Waals surface area contributed by atoms with E-state index in [0.29, 0.717) is 40.8 Å². The van der Waals surface area contributed by atoms with Crippen molar-refractivity contribution in [2.24, 2.45) is 0 Å². The molecule has 1 saturated heterocycles. The predicted octanol–water partition coefficient (Wildman–Crippen LogP) is 4.45. The van der Waals surface area contributed by atoms with Crippen LogP contribution in [0.15, 0.2) is 82.4 Å². The lowest BCUT2D eigenvalue weighted by Gasteiger charge is -2.33. The SMILES string of the molecule is O=S(c1ccc(-c2nn(Cc3ccccc3F)c3ncccc23)o1)N1CCN(Cc2ccc3c(c2)OCO3)CC1. The van der Waals surface area contributed by atoms with Crippen LogP contribution in [0.25, 0.3) is 22.5 Å². The van der Waals surface area contributed by atoms with Crippen molar-refractivity contribution < 1.29 is 22.5 Å². The first-order valence-electron chi connectivity index (χ1n) is 13.1. The molecule has 3 aromatic heterocycles. The van der Waals surface area contributed by atoms with Crippen LogP contribution in [0.3, 0.4) is 0 Å². The number of hydrogen-bond donors (Lipinski definition) is 0. The zero-order valence-electron chi connectivity index (χ0n) is 21.5. The van der Waals surface area contributed by atoms with E-state index in [1.807, 2.05) is 28.6 Å². The number of benzene rings is 2. The van der Waals surface area contributed by atoms with Gasteiger partial charge in [-0.2, -0.15) is 5.10 Å². The zero-order valence-corrected chi connectivity index (χ0v) is 22.3. The fourth-order valence-corrected chi connectivity index (χ4v) is 6.20. The van der Waals surface area contributed by atoms with Gasteiger partial charge in [0.2, 0.25) is 11.9 Å². The minimum atomic E-state index is -1.44. The molecule has 1 fully saturated rings. The molecule has 2 aliphatic heterocycles. The highest BCUT2D eigenvalue weighted by Gasteiger charge is 2.26. The van der Waals surface area contributed by atoms with Crippen LogP contribution in [0, 0.1) is 5.82 Å². The molecule has 0 radical (unpaired) electrons. The van der Waals surface area contributed by atoms with Gasteiger partial charge in [-0.25, -0.2) is 22.6 Å². The monoisotopic (exact) mass is 559 g/mol. The molecule has 5 aromatic rings. The van der Waals surface area contributed by atoms with Crippen LogP contribution in [0.1, 0.15) is 11.1 Å². The van der Waals surface area contributed by atoms with Crippen molar-refractivity contribution in [3.8, 4) is 23.0 Å². The van der Waals surface area contributed by atoms with Crippen LogP contribution in [-0.2, 0) is 24.1 Å². The van der Waals surface area contributed by atoms with Crippen LogP contribution in [0.4, 0.5) is 4.39 Å². The first kappa shape index (κ1) is 24.9. The second kappa shape index (κ2) is 10.5. The normalized spacial score (nSPS) is 16.5. The average molecular weight is 560 g/mol. The van der Waals surface area contributed by atoms with Gasteiger partial charge in [0, 0.05) is 44.5 Å². The fraction of sp³-hybridized carbons (Fsp3) is 0.241. The van der Waals surface area contributed by atoms with Gasteiger partial charge in [-0.3, -0.25) is 4.90 Å². The highest BCUT2D eigenvalue weighted by Crippen LogP contribution is 2.33. The smallest absolute Gasteiger partial charge is 0.231 e. The van der Waals surface area contributed by atoms with Crippen molar-refractivity contribution in [2.75, 3.05) is 33.0 Å². The fourth-order valence-electron chi connectivity index (χ4n) is 5.11. The van der Waals surface area contributed by atoms with E-state index in [1.165, 1.54) is 6.07 Å². The van der Waals surface area contributed by atoms with Gasteiger partial charge in [0.05, 0.1) is 11.9 Å². The molecule has 1 unspecified atom stereocenters. The zero-order chi connectivity index (χ0) is 27.1. The molecule has 0 bridgehead atoms. The maximum Gasteiger partial charge on any atom is 0.231 e. The summed E-state index contributed by atoms with van der Waals surface area (Å²) in [4.78, 5) is 6.81. The molecule has 2 aliphatic rings. The summed E-state index contributed by atoms with van der Waals surface area (Å²) in [7, 11) is -1.44. The van der Waals surface area contributed by atoms with Gasteiger partial charge in [0.25, 0.3) is 0 Å². The summed E-state index contributed by atoms with van der Waals surface area (Å²) >= 11 is 0. The van der Waals surface area contributed by atoms with E-state index < -0.39 is 11.0 Å².